The minimum atomic E-state index is 0.657. The molecule has 0 saturated carbocycles. The van der Waals surface area contributed by atoms with Gasteiger partial charge in [0.1, 0.15) is 11.2 Å². The standard InChI is InChI=1S/C39H23N3OS/c1-3-11-24(12-4-1)37-40-38(25-13-5-2-6-14-25)42-39(41-37)26-21-22-31-34(23-26)44-33-20-10-16-28(35(31)33)30-18-9-17-29-27-15-7-8-19-32(27)43-36(29)30/h1-23H. The number of benzene rings is 6. The molecule has 206 valence electrons. The molecule has 0 aliphatic carbocycles. The highest BCUT2D eigenvalue weighted by molar-refractivity contribution is 7.26. The molecular weight excluding hydrogens is 559 g/mol. The number of hydrogen-bond donors (Lipinski definition) is 0. The van der Waals surface area contributed by atoms with Gasteiger partial charge in [-0.05, 0) is 23.8 Å². The molecule has 9 aromatic rings. The highest BCUT2D eigenvalue weighted by Gasteiger charge is 2.18. The Morgan fingerprint density at radius 2 is 1.05 bits per heavy atom. The first kappa shape index (κ1) is 24.9. The Kier molecular flexibility index (Phi) is 5.64. The van der Waals surface area contributed by atoms with Crippen molar-refractivity contribution < 1.29 is 4.42 Å². The van der Waals surface area contributed by atoms with E-state index in [0.717, 1.165) is 44.2 Å². The predicted molar refractivity (Wildman–Crippen MR) is 182 cm³/mol. The van der Waals surface area contributed by atoms with E-state index in [1.54, 1.807) is 11.3 Å². The second kappa shape index (κ2) is 9.97. The van der Waals surface area contributed by atoms with Crippen LogP contribution in [0.25, 0.3) is 87.4 Å². The summed E-state index contributed by atoms with van der Waals surface area (Å²) in [6.07, 6.45) is 0. The summed E-state index contributed by atoms with van der Waals surface area (Å²) in [6, 6.07) is 47.9. The van der Waals surface area contributed by atoms with E-state index in [-0.39, 0.29) is 0 Å². The van der Waals surface area contributed by atoms with Gasteiger partial charge in [0.25, 0.3) is 0 Å². The van der Waals surface area contributed by atoms with Gasteiger partial charge in [-0.25, -0.2) is 15.0 Å². The van der Waals surface area contributed by atoms with E-state index in [1.807, 2.05) is 72.8 Å². The average Bonchev–Trinajstić information content (AvgIpc) is 3.67. The summed E-state index contributed by atoms with van der Waals surface area (Å²) in [5.41, 5.74) is 6.98. The minimum Gasteiger partial charge on any atom is -0.455 e. The normalized spacial score (nSPS) is 11.6. The maximum atomic E-state index is 6.43. The van der Waals surface area contributed by atoms with Crippen molar-refractivity contribution >= 4 is 53.4 Å². The fourth-order valence-electron chi connectivity index (χ4n) is 6.09. The fourth-order valence-corrected chi connectivity index (χ4v) is 7.26. The number of fused-ring (bicyclic) bond motifs is 6. The Morgan fingerprint density at radius 1 is 0.432 bits per heavy atom. The summed E-state index contributed by atoms with van der Waals surface area (Å²) in [4.78, 5) is 14.8. The largest absolute Gasteiger partial charge is 0.455 e. The summed E-state index contributed by atoms with van der Waals surface area (Å²) in [6.45, 7) is 0. The van der Waals surface area contributed by atoms with E-state index in [0.29, 0.717) is 17.5 Å². The van der Waals surface area contributed by atoms with Gasteiger partial charge in [0.15, 0.2) is 17.5 Å². The molecule has 0 bridgehead atoms. The molecule has 0 aliphatic heterocycles. The van der Waals surface area contributed by atoms with Crippen molar-refractivity contribution in [3.63, 3.8) is 0 Å². The van der Waals surface area contributed by atoms with Gasteiger partial charge < -0.3 is 4.42 Å². The lowest BCUT2D eigenvalue weighted by molar-refractivity contribution is 0.670. The maximum Gasteiger partial charge on any atom is 0.164 e. The highest BCUT2D eigenvalue weighted by Crippen LogP contribution is 2.44. The minimum absolute atomic E-state index is 0.657. The third kappa shape index (κ3) is 4.02. The molecule has 4 nitrogen and oxygen atoms in total. The van der Waals surface area contributed by atoms with Crippen LogP contribution >= 0.6 is 11.3 Å². The zero-order valence-electron chi connectivity index (χ0n) is 23.4. The summed E-state index contributed by atoms with van der Waals surface area (Å²) in [5, 5.41) is 4.71. The van der Waals surface area contributed by atoms with E-state index in [2.05, 4.69) is 66.7 Å². The van der Waals surface area contributed by atoms with Crippen molar-refractivity contribution in [2.45, 2.75) is 0 Å². The number of para-hydroxylation sites is 2. The number of aromatic nitrogens is 3. The van der Waals surface area contributed by atoms with Gasteiger partial charge in [0.2, 0.25) is 0 Å². The first-order valence-corrected chi connectivity index (χ1v) is 15.3. The van der Waals surface area contributed by atoms with E-state index < -0.39 is 0 Å². The lowest BCUT2D eigenvalue weighted by atomic mass is 9.97. The third-order valence-corrected chi connectivity index (χ3v) is 9.27. The van der Waals surface area contributed by atoms with Crippen molar-refractivity contribution in [3.05, 3.63) is 140 Å². The van der Waals surface area contributed by atoms with Crippen LogP contribution in [0.5, 0.6) is 0 Å². The molecule has 5 heteroatoms. The molecule has 0 unspecified atom stereocenters. The molecule has 3 heterocycles. The molecule has 0 N–H and O–H groups in total. The van der Waals surface area contributed by atoms with Crippen molar-refractivity contribution in [2.75, 3.05) is 0 Å². The summed E-state index contributed by atoms with van der Waals surface area (Å²) in [5.74, 6) is 1.98. The van der Waals surface area contributed by atoms with Crippen LogP contribution in [0.3, 0.4) is 0 Å². The van der Waals surface area contributed by atoms with Gasteiger partial charge in [-0.2, -0.15) is 0 Å². The summed E-state index contributed by atoms with van der Waals surface area (Å²) >= 11 is 1.79. The quantitative estimate of drug-likeness (QED) is 0.207. The van der Waals surface area contributed by atoms with Crippen LogP contribution in [0.4, 0.5) is 0 Å². The number of nitrogens with zero attached hydrogens (tertiary/aromatic N) is 3. The summed E-state index contributed by atoms with van der Waals surface area (Å²) in [7, 11) is 0. The van der Waals surface area contributed by atoms with E-state index >= 15 is 0 Å². The predicted octanol–water partition coefficient (Wildman–Crippen LogP) is 10.8. The Morgan fingerprint density at radius 3 is 1.80 bits per heavy atom. The van der Waals surface area contributed by atoms with E-state index in [9.17, 15) is 0 Å². The zero-order chi connectivity index (χ0) is 29.0. The van der Waals surface area contributed by atoms with Crippen LogP contribution in [0.1, 0.15) is 0 Å². The molecular formula is C39H23N3OS. The Bertz CT molecular complexity index is 2440. The molecule has 0 saturated heterocycles. The Balaban J connectivity index is 1.23. The lowest BCUT2D eigenvalue weighted by Crippen LogP contribution is -1.99. The highest BCUT2D eigenvalue weighted by atomic mass is 32.1. The third-order valence-electron chi connectivity index (χ3n) is 8.15. The van der Waals surface area contributed by atoms with Gasteiger partial charge >= 0.3 is 0 Å². The number of furan rings is 1. The SMILES string of the molecule is c1ccc(-c2nc(-c3ccccc3)nc(-c3ccc4c(c3)sc3cccc(-c5cccc6c5oc5ccccc56)c34)n2)cc1. The molecule has 9 rings (SSSR count). The van der Waals surface area contributed by atoms with Gasteiger partial charge in [-0.3, -0.25) is 0 Å². The van der Waals surface area contributed by atoms with Crippen molar-refractivity contribution in [1.29, 1.82) is 0 Å². The van der Waals surface area contributed by atoms with Crippen LogP contribution < -0.4 is 0 Å². The molecule has 44 heavy (non-hydrogen) atoms. The second-order valence-corrected chi connectivity index (χ2v) is 11.9. The van der Waals surface area contributed by atoms with Gasteiger partial charge in [-0.15, -0.1) is 11.3 Å². The number of thiophene rings is 1. The van der Waals surface area contributed by atoms with Gasteiger partial charge in [0, 0.05) is 53.2 Å². The van der Waals surface area contributed by atoms with Crippen LogP contribution in [0.2, 0.25) is 0 Å². The number of hydrogen-bond acceptors (Lipinski definition) is 5. The topological polar surface area (TPSA) is 51.8 Å². The molecule has 0 aliphatic rings. The summed E-state index contributed by atoms with van der Waals surface area (Å²) < 4.78 is 8.84. The molecule has 0 fully saturated rings. The molecule has 0 radical (unpaired) electrons. The monoisotopic (exact) mass is 581 g/mol. The van der Waals surface area contributed by atoms with Crippen molar-refractivity contribution in [1.82, 2.24) is 15.0 Å². The first-order valence-electron chi connectivity index (χ1n) is 14.5. The Labute approximate surface area is 256 Å². The van der Waals surface area contributed by atoms with Gasteiger partial charge in [0.05, 0.1) is 0 Å². The van der Waals surface area contributed by atoms with Crippen LogP contribution in [-0.2, 0) is 0 Å². The Hall–Kier alpha value is -5.65. The smallest absolute Gasteiger partial charge is 0.164 e. The second-order valence-electron chi connectivity index (χ2n) is 10.8. The molecule has 0 atom stereocenters. The van der Waals surface area contributed by atoms with E-state index in [4.69, 9.17) is 19.4 Å². The maximum absolute atomic E-state index is 6.43. The molecule has 0 spiro atoms. The number of rotatable bonds is 4. The van der Waals surface area contributed by atoms with Crippen LogP contribution in [0, 0.1) is 0 Å². The average molecular weight is 582 g/mol. The fraction of sp³-hybridized carbons (Fsp3) is 0. The lowest BCUT2D eigenvalue weighted by Gasteiger charge is -2.09. The molecule has 0 amide bonds. The first-order chi connectivity index (χ1) is 21.8. The zero-order valence-corrected chi connectivity index (χ0v) is 24.3. The van der Waals surface area contributed by atoms with Gasteiger partial charge in [-0.1, -0.05) is 121 Å². The molecule has 3 aromatic heterocycles. The van der Waals surface area contributed by atoms with Crippen molar-refractivity contribution in [2.24, 2.45) is 0 Å². The van der Waals surface area contributed by atoms with E-state index in [1.165, 1.54) is 25.7 Å². The van der Waals surface area contributed by atoms with Crippen LogP contribution in [0.15, 0.2) is 144 Å². The van der Waals surface area contributed by atoms with Crippen LogP contribution in [-0.4, -0.2) is 15.0 Å². The van der Waals surface area contributed by atoms with Crippen molar-refractivity contribution in [3.8, 4) is 45.3 Å². The molecule has 6 aromatic carbocycles.